The summed E-state index contributed by atoms with van der Waals surface area (Å²) in [6, 6.07) is 11.7. The van der Waals surface area contributed by atoms with Gasteiger partial charge in [-0.3, -0.25) is 14.0 Å². The number of fused-ring (bicyclic) bond motifs is 1. The first-order valence-corrected chi connectivity index (χ1v) is 8.42. The molecular weight excluding hydrogens is 346 g/mol. The Morgan fingerprint density at radius 3 is 2.59 bits per heavy atom. The van der Waals surface area contributed by atoms with Crippen LogP contribution in [0.25, 0.3) is 5.65 Å². The molecule has 2 aromatic heterocycles. The van der Waals surface area contributed by atoms with Crippen LogP contribution in [-0.2, 0) is 22.7 Å². The fourth-order valence-electron chi connectivity index (χ4n) is 2.54. The Morgan fingerprint density at radius 2 is 1.89 bits per heavy atom. The van der Waals surface area contributed by atoms with E-state index in [1.54, 1.807) is 36.5 Å². The van der Waals surface area contributed by atoms with Gasteiger partial charge in [-0.1, -0.05) is 12.1 Å². The van der Waals surface area contributed by atoms with E-state index in [4.69, 9.17) is 4.74 Å². The highest BCUT2D eigenvalue weighted by Gasteiger charge is 2.09. The summed E-state index contributed by atoms with van der Waals surface area (Å²) in [6.07, 6.45) is 1.66. The minimum Gasteiger partial charge on any atom is -0.456 e. The van der Waals surface area contributed by atoms with Crippen molar-refractivity contribution < 1.29 is 14.3 Å². The maximum Gasteiger partial charge on any atom is 0.338 e. The second-order valence-corrected chi connectivity index (χ2v) is 6.20. The van der Waals surface area contributed by atoms with E-state index in [0.717, 1.165) is 11.1 Å². The van der Waals surface area contributed by atoms with Crippen LogP contribution in [0.4, 0.5) is 0 Å². The van der Waals surface area contributed by atoms with Gasteiger partial charge in [0, 0.05) is 25.7 Å². The average Bonchev–Trinajstić information content (AvgIpc) is 2.64. The predicted molar refractivity (Wildman–Crippen MR) is 99.3 cm³/mol. The summed E-state index contributed by atoms with van der Waals surface area (Å²) in [4.78, 5) is 39.6. The molecule has 2 heterocycles. The van der Waals surface area contributed by atoms with Crippen molar-refractivity contribution >= 4 is 17.5 Å². The maximum absolute atomic E-state index is 12.2. The number of benzene rings is 1. The van der Waals surface area contributed by atoms with Crippen LogP contribution in [0.5, 0.6) is 0 Å². The molecule has 0 spiro atoms. The summed E-state index contributed by atoms with van der Waals surface area (Å²) >= 11 is 0. The number of hydrogen-bond acceptors (Lipinski definition) is 5. The van der Waals surface area contributed by atoms with Crippen molar-refractivity contribution in [3.63, 3.8) is 0 Å². The third-order valence-electron chi connectivity index (χ3n) is 3.96. The van der Waals surface area contributed by atoms with E-state index in [-0.39, 0.29) is 18.1 Å². The van der Waals surface area contributed by atoms with E-state index in [2.05, 4.69) is 10.3 Å². The van der Waals surface area contributed by atoms with Gasteiger partial charge >= 0.3 is 5.97 Å². The monoisotopic (exact) mass is 365 g/mol. The highest BCUT2D eigenvalue weighted by Crippen LogP contribution is 2.08. The Kier molecular flexibility index (Phi) is 5.30. The zero-order valence-corrected chi connectivity index (χ0v) is 15.1. The smallest absolute Gasteiger partial charge is 0.338 e. The van der Waals surface area contributed by atoms with Gasteiger partial charge in [-0.15, -0.1) is 0 Å². The molecule has 3 aromatic rings. The predicted octanol–water partition coefficient (Wildman–Crippen LogP) is 2.00. The molecule has 0 radical (unpaired) electrons. The molecule has 0 atom stereocenters. The lowest BCUT2D eigenvalue weighted by atomic mass is 10.1. The standard InChI is InChI=1S/C20H19N3O4/c1-13-7-8-23-18(9-13)22-17(10-19(23)25)12-27-20(26)16-5-3-15(4-6-16)11-21-14(2)24/h3-10H,11-12H2,1-2H3,(H,21,24). The fourth-order valence-corrected chi connectivity index (χ4v) is 2.54. The number of hydrogen-bond donors (Lipinski definition) is 1. The Hall–Kier alpha value is -3.48. The van der Waals surface area contributed by atoms with Gasteiger partial charge in [-0.25, -0.2) is 9.78 Å². The molecule has 0 fully saturated rings. The number of ether oxygens (including phenoxy) is 1. The SMILES string of the molecule is CC(=O)NCc1ccc(C(=O)OCc2cc(=O)n3ccc(C)cc3n2)cc1. The molecule has 0 aliphatic carbocycles. The quantitative estimate of drug-likeness (QED) is 0.699. The second kappa shape index (κ2) is 7.82. The maximum atomic E-state index is 12.2. The highest BCUT2D eigenvalue weighted by atomic mass is 16.5. The van der Waals surface area contributed by atoms with Gasteiger partial charge in [0.15, 0.2) is 0 Å². The average molecular weight is 365 g/mol. The number of nitrogens with zero attached hydrogens (tertiary/aromatic N) is 2. The Bertz CT molecular complexity index is 1060. The number of esters is 1. The van der Waals surface area contributed by atoms with Crippen LogP contribution in [0.15, 0.2) is 53.5 Å². The Labute approximate surface area is 155 Å². The molecule has 1 N–H and O–H groups in total. The first kappa shape index (κ1) is 18.3. The van der Waals surface area contributed by atoms with Crippen molar-refractivity contribution in [2.45, 2.75) is 27.0 Å². The number of pyridine rings is 1. The fraction of sp³-hybridized carbons (Fsp3) is 0.200. The lowest BCUT2D eigenvalue weighted by Gasteiger charge is -2.07. The number of rotatable bonds is 5. The molecule has 3 rings (SSSR count). The summed E-state index contributed by atoms with van der Waals surface area (Å²) in [5, 5.41) is 2.69. The number of carbonyl (C=O) groups is 2. The molecule has 1 aromatic carbocycles. The minimum atomic E-state index is -0.507. The van der Waals surface area contributed by atoms with E-state index < -0.39 is 5.97 Å². The number of nitrogens with one attached hydrogen (secondary N) is 1. The zero-order chi connectivity index (χ0) is 19.4. The van der Waals surface area contributed by atoms with Gasteiger partial charge < -0.3 is 10.1 Å². The van der Waals surface area contributed by atoms with Gasteiger partial charge in [0.05, 0.1) is 11.3 Å². The molecule has 0 bridgehead atoms. The van der Waals surface area contributed by atoms with Gasteiger partial charge in [0.2, 0.25) is 5.91 Å². The van der Waals surface area contributed by atoms with Crippen molar-refractivity contribution in [1.82, 2.24) is 14.7 Å². The number of aryl methyl sites for hydroxylation is 1. The largest absolute Gasteiger partial charge is 0.456 e. The first-order valence-electron chi connectivity index (χ1n) is 8.42. The summed E-state index contributed by atoms with van der Waals surface area (Å²) < 4.78 is 6.70. The van der Waals surface area contributed by atoms with E-state index in [0.29, 0.717) is 23.4 Å². The molecule has 7 heteroatoms. The molecule has 0 aliphatic heterocycles. The van der Waals surface area contributed by atoms with Crippen molar-refractivity contribution in [2.75, 3.05) is 0 Å². The third-order valence-corrected chi connectivity index (χ3v) is 3.96. The Balaban J connectivity index is 1.67. The second-order valence-electron chi connectivity index (χ2n) is 6.20. The van der Waals surface area contributed by atoms with Crippen LogP contribution in [0.2, 0.25) is 0 Å². The summed E-state index contributed by atoms with van der Waals surface area (Å²) in [5.74, 6) is -0.625. The van der Waals surface area contributed by atoms with E-state index in [1.165, 1.54) is 17.4 Å². The van der Waals surface area contributed by atoms with Gasteiger partial charge in [0.1, 0.15) is 12.3 Å². The van der Waals surface area contributed by atoms with Crippen LogP contribution >= 0.6 is 0 Å². The van der Waals surface area contributed by atoms with Crippen molar-refractivity contribution in [2.24, 2.45) is 0 Å². The van der Waals surface area contributed by atoms with E-state index >= 15 is 0 Å². The molecule has 0 saturated heterocycles. The normalized spacial score (nSPS) is 10.6. The molecule has 0 aliphatic rings. The van der Waals surface area contributed by atoms with Crippen LogP contribution in [0, 0.1) is 6.92 Å². The topological polar surface area (TPSA) is 89.8 Å². The number of carbonyl (C=O) groups excluding carboxylic acids is 2. The summed E-state index contributed by atoms with van der Waals surface area (Å²) in [5.41, 5.74) is 2.91. The molecule has 1 amide bonds. The molecule has 0 saturated carbocycles. The lowest BCUT2D eigenvalue weighted by Crippen LogP contribution is -2.19. The van der Waals surface area contributed by atoms with Gasteiger partial charge in [-0.05, 0) is 42.3 Å². The van der Waals surface area contributed by atoms with Gasteiger partial charge in [0.25, 0.3) is 5.56 Å². The van der Waals surface area contributed by atoms with Crippen molar-refractivity contribution in [3.05, 3.63) is 81.4 Å². The van der Waals surface area contributed by atoms with Crippen LogP contribution in [0.1, 0.15) is 34.1 Å². The minimum absolute atomic E-state index is 0.0911. The highest BCUT2D eigenvalue weighted by molar-refractivity contribution is 5.89. The number of amides is 1. The lowest BCUT2D eigenvalue weighted by molar-refractivity contribution is -0.119. The number of aromatic nitrogens is 2. The molecular formula is C20H19N3O4. The van der Waals surface area contributed by atoms with E-state index in [1.807, 2.05) is 13.0 Å². The van der Waals surface area contributed by atoms with Gasteiger partial charge in [-0.2, -0.15) is 0 Å². The third kappa shape index (κ3) is 4.58. The van der Waals surface area contributed by atoms with Crippen LogP contribution in [-0.4, -0.2) is 21.3 Å². The molecule has 27 heavy (non-hydrogen) atoms. The first-order chi connectivity index (χ1) is 12.9. The molecule has 7 nitrogen and oxygen atoms in total. The zero-order valence-electron chi connectivity index (χ0n) is 15.1. The van der Waals surface area contributed by atoms with Crippen LogP contribution < -0.4 is 10.9 Å². The molecule has 138 valence electrons. The summed E-state index contributed by atoms with van der Waals surface area (Å²) in [6.45, 7) is 3.66. The van der Waals surface area contributed by atoms with Crippen molar-refractivity contribution in [3.8, 4) is 0 Å². The Morgan fingerprint density at radius 1 is 1.15 bits per heavy atom. The van der Waals surface area contributed by atoms with Crippen molar-refractivity contribution in [1.29, 1.82) is 0 Å². The van der Waals surface area contributed by atoms with Crippen LogP contribution in [0.3, 0.4) is 0 Å². The molecule has 0 unspecified atom stereocenters. The summed E-state index contributed by atoms with van der Waals surface area (Å²) in [7, 11) is 0. The van der Waals surface area contributed by atoms with E-state index in [9.17, 15) is 14.4 Å².